The lowest BCUT2D eigenvalue weighted by Crippen LogP contribution is -2.31. The van der Waals surface area contributed by atoms with Gasteiger partial charge in [-0.2, -0.15) is 0 Å². The van der Waals surface area contributed by atoms with E-state index in [1.807, 2.05) is 0 Å². The van der Waals surface area contributed by atoms with Crippen LogP contribution in [0.15, 0.2) is 0 Å². The molecular weight excluding hydrogens is 206 g/mol. The van der Waals surface area contributed by atoms with Gasteiger partial charge in [0.25, 0.3) is 0 Å². The van der Waals surface area contributed by atoms with Gasteiger partial charge >= 0.3 is 0 Å². The molecule has 1 aliphatic rings. The minimum Gasteiger partial charge on any atom is -0.314 e. The van der Waals surface area contributed by atoms with E-state index in [9.17, 15) is 0 Å². The average molecular weight is 239 g/mol. The van der Waals surface area contributed by atoms with Gasteiger partial charge < -0.3 is 5.32 Å². The number of hydrogen-bond donors (Lipinski definition) is 1. The van der Waals surface area contributed by atoms with Gasteiger partial charge in [0.1, 0.15) is 0 Å². The third-order valence-corrected chi connectivity index (χ3v) is 4.66. The Balaban J connectivity index is 2.25. The lowest BCUT2D eigenvalue weighted by Gasteiger charge is -2.24. The van der Waals surface area contributed by atoms with Crippen LogP contribution in [0.4, 0.5) is 0 Å². The molecule has 0 bridgehead atoms. The summed E-state index contributed by atoms with van der Waals surface area (Å²) in [5, 5.41) is 3.71. The summed E-state index contributed by atoms with van der Waals surface area (Å²) in [4.78, 5) is 0. The monoisotopic (exact) mass is 239 g/mol. The summed E-state index contributed by atoms with van der Waals surface area (Å²) in [5.74, 6) is 1.99. The summed E-state index contributed by atoms with van der Waals surface area (Å²) >= 11 is 0. The molecule has 0 aromatic heterocycles. The molecule has 1 aliphatic carbocycles. The van der Waals surface area contributed by atoms with Crippen molar-refractivity contribution in [1.82, 2.24) is 5.32 Å². The van der Waals surface area contributed by atoms with Gasteiger partial charge in [0, 0.05) is 6.04 Å². The highest BCUT2D eigenvalue weighted by Crippen LogP contribution is 2.30. The molecule has 0 amide bonds. The number of rotatable bonds is 9. The van der Waals surface area contributed by atoms with E-state index in [1.165, 1.54) is 57.8 Å². The van der Waals surface area contributed by atoms with Crippen molar-refractivity contribution in [1.29, 1.82) is 0 Å². The molecule has 102 valence electrons. The fourth-order valence-electron chi connectivity index (χ4n) is 3.35. The van der Waals surface area contributed by atoms with Crippen LogP contribution in [0.25, 0.3) is 0 Å². The SMILES string of the molecule is CCNC(CCC1CCCC1)CC(CC)CC. The van der Waals surface area contributed by atoms with Crippen LogP contribution in [-0.4, -0.2) is 12.6 Å². The largest absolute Gasteiger partial charge is 0.314 e. The molecule has 1 N–H and O–H groups in total. The van der Waals surface area contributed by atoms with Crippen LogP contribution < -0.4 is 5.32 Å². The van der Waals surface area contributed by atoms with Crippen molar-refractivity contribution in [3.63, 3.8) is 0 Å². The van der Waals surface area contributed by atoms with E-state index in [0.29, 0.717) is 0 Å². The van der Waals surface area contributed by atoms with Crippen LogP contribution >= 0.6 is 0 Å². The van der Waals surface area contributed by atoms with Gasteiger partial charge in [0.2, 0.25) is 0 Å². The van der Waals surface area contributed by atoms with Crippen LogP contribution in [0.3, 0.4) is 0 Å². The standard InChI is InChI=1S/C16H33N/c1-4-14(5-2)13-16(17-6-3)12-11-15-9-7-8-10-15/h14-17H,4-13H2,1-3H3. The summed E-state index contributed by atoms with van der Waals surface area (Å²) in [6.07, 6.45) is 13.0. The Bertz CT molecular complexity index is 168. The van der Waals surface area contributed by atoms with E-state index >= 15 is 0 Å². The van der Waals surface area contributed by atoms with Crippen LogP contribution in [0.1, 0.15) is 78.6 Å². The van der Waals surface area contributed by atoms with E-state index < -0.39 is 0 Å². The van der Waals surface area contributed by atoms with Crippen molar-refractivity contribution in [3.05, 3.63) is 0 Å². The first-order valence-corrected chi connectivity index (χ1v) is 8.03. The van der Waals surface area contributed by atoms with Gasteiger partial charge in [-0.05, 0) is 37.6 Å². The molecule has 0 aromatic rings. The lowest BCUT2D eigenvalue weighted by molar-refractivity contribution is 0.331. The Morgan fingerprint density at radius 3 is 2.24 bits per heavy atom. The van der Waals surface area contributed by atoms with Crippen LogP contribution in [-0.2, 0) is 0 Å². The molecule has 1 saturated carbocycles. The van der Waals surface area contributed by atoms with Crippen molar-refractivity contribution in [2.75, 3.05) is 6.54 Å². The third kappa shape index (κ3) is 5.90. The van der Waals surface area contributed by atoms with Crippen LogP contribution in [0.5, 0.6) is 0 Å². The summed E-state index contributed by atoms with van der Waals surface area (Å²) in [6.45, 7) is 8.06. The molecule has 0 aromatic carbocycles. The molecule has 1 fully saturated rings. The van der Waals surface area contributed by atoms with Crippen molar-refractivity contribution in [2.45, 2.75) is 84.6 Å². The zero-order valence-electron chi connectivity index (χ0n) is 12.3. The molecule has 1 nitrogen and oxygen atoms in total. The first-order chi connectivity index (χ1) is 8.30. The fraction of sp³-hybridized carbons (Fsp3) is 1.00. The summed E-state index contributed by atoms with van der Waals surface area (Å²) in [6, 6.07) is 0.783. The third-order valence-electron chi connectivity index (χ3n) is 4.66. The smallest absolute Gasteiger partial charge is 0.00696 e. The zero-order chi connectivity index (χ0) is 12.5. The Labute approximate surface area is 109 Å². The minimum absolute atomic E-state index is 0.783. The highest BCUT2D eigenvalue weighted by molar-refractivity contribution is 4.74. The second-order valence-corrected chi connectivity index (χ2v) is 5.90. The van der Waals surface area contributed by atoms with Gasteiger partial charge in [-0.3, -0.25) is 0 Å². The zero-order valence-corrected chi connectivity index (χ0v) is 12.3. The van der Waals surface area contributed by atoms with Crippen molar-refractivity contribution < 1.29 is 0 Å². The molecule has 1 rings (SSSR count). The Hall–Kier alpha value is -0.0400. The van der Waals surface area contributed by atoms with Gasteiger partial charge in [0.15, 0.2) is 0 Å². The molecule has 0 spiro atoms. The molecule has 17 heavy (non-hydrogen) atoms. The molecular formula is C16H33N. The quantitative estimate of drug-likeness (QED) is 0.611. The summed E-state index contributed by atoms with van der Waals surface area (Å²) < 4.78 is 0. The highest BCUT2D eigenvalue weighted by Gasteiger charge is 2.18. The molecule has 0 saturated heterocycles. The maximum absolute atomic E-state index is 3.71. The predicted molar refractivity (Wildman–Crippen MR) is 77.3 cm³/mol. The summed E-state index contributed by atoms with van der Waals surface area (Å²) in [5.41, 5.74) is 0. The van der Waals surface area contributed by atoms with Crippen LogP contribution in [0.2, 0.25) is 0 Å². The van der Waals surface area contributed by atoms with Crippen molar-refractivity contribution in [3.8, 4) is 0 Å². The van der Waals surface area contributed by atoms with E-state index in [2.05, 4.69) is 26.1 Å². The predicted octanol–water partition coefficient (Wildman–Crippen LogP) is 4.76. The van der Waals surface area contributed by atoms with E-state index in [4.69, 9.17) is 0 Å². The Kier molecular flexibility index (Phi) is 7.92. The maximum atomic E-state index is 3.71. The first kappa shape index (κ1) is 15.0. The van der Waals surface area contributed by atoms with Gasteiger partial charge in [-0.1, -0.05) is 59.3 Å². The van der Waals surface area contributed by atoms with Crippen molar-refractivity contribution in [2.24, 2.45) is 11.8 Å². The molecule has 1 heteroatoms. The molecule has 1 atom stereocenters. The number of hydrogen-bond acceptors (Lipinski definition) is 1. The first-order valence-electron chi connectivity index (χ1n) is 8.03. The molecule has 0 heterocycles. The van der Waals surface area contributed by atoms with E-state index in [1.54, 1.807) is 0 Å². The maximum Gasteiger partial charge on any atom is 0.00696 e. The van der Waals surface area contributed by atoms with Gasteiger partial charge in [0.05, 0.1) is 0 Å². The van der Waals surface area contributed by atoms with Crippen molar-refractivity contribution >= 4 is 0 Å². The minimum atomic E-state index is 0.783. The molecule has 0 radical (unpaired) electrons. The second kappa shape index (κ2) is 8.97. The Morgan fingerprint density at radius 2 is 1.71 bits per heavy atom. The highest BCUT2D eigenvalue weighted by atomic mass is 14.9. The van der Waals surface area contributed by atoms with Gasteiger partial charge in [-0.25, -0.2) is 0 Å². The van der Waals surface area contributed by atoms with E-state index in [0.717, 1.165) is 24.4 Å². The second-order valence-electron chi connectivity index (χ2n) is 5.90. The average Bonchev–Trinajstić information content (AvgIpc) is 2.85. The van der Waals surface area contributed by atoms with Gasteiger partial charge in [-0.15, -0.1) is 0 Å². The Morgan fingerprint density at radius 1 is 1.06 bits per heavy atom. The fourth-order valence-corrected chi connectivity index (χ4v) is 3.35. The normalized spacial score (nSPS) is 19.1. The summed E-state index contributed by atoms with van der Waals surface area (Å²) in [7, 11) is 0. The molecule has 0 aliphatic heterocycles. The number of nitrogens with one attached hydrogen (secondary N) is 1. The lowest BCUT2D eigenvalue weighted by atomic mass is 9.90. The van der Waals surface area contributed by atoms with Crippen LogP contribution in [0, 0.1) is 11.8 Å². The topological polar surface area (TPSA) is 12.0 Å². The van der Waals surface area contributed by atoms with E-state index in [-0.39, 0.29) is 0 Å². The molecule has 1 unspecified atom stereocenters.